The Bertz CT molecular complexity index is 1200. The van der Waals surface area contributed by atoms with Crippen LogP contribution >= 0.6 is 12.2 Å². The summed E-state index contributed by atoms with van der Waals surface area (Å²) in [5, 5.41) is 11.6. The number of hydrogen-bond acceptors (Lipinski definition) is 4. The number of nitrogens with zero attached hydrogens (tertiary/aromatic N) is 3. The molecule has 7 heteroatoms. The van der Waals surface area contributed by atoms with Gasteiger partial charge in [0, 0.05) is 12.0 Å². The lowest BCUT2D eigenvalue weighted by Crippen LogP contribution is -2.03. The van der Waals surface area contributed by atoms with Crippen LogP contribution in [0.1, 0.15) is 22.5 Å². The van der Waals surface area contributed by atoms with Crippen molar-refractivity contribution in [2.75, 3.05) is 0 Å². The molecule has 0 aliphatic carbocycles. The van der Waals surface area contributed by atoms with Crippen molar-refractivity contribution in [1.82, 2.24) is 14.9 Å². The van der Waals surface area contributed by atoms with Crippen LogP contribution in [0.4, 0.5) is 4.39 Å². The molecule has 0 unspecified atom stereocenters. The molecule has 1 heterocycles. The van der Waals surface area contributed by atoms with Gasteiger partial charge in [-0.25, -0.2) is 4.39 Å². The summed E-state index contributed by atoms with van der Waals surface area (Å²) in [5.74, 6) is 1.17. The summed E-state index contributed by atoms with van der Waals surface area (Å²) in [6, 6.07) is 23.8. The minimum absolute atomic E-state index is 0.273. The Kier molecular flexibility index (Phi) is 6.10. The molecule has 4 aromatic rings. The Morgan fingerprint density at radius 2 is 1.73 bits per heavy atom. The van der Waals surface area contributed by atoms with Gasteiger partial charge < -0.3 is 4.74 Å². The second-order valence-electron chi connectivity index (χ2n) is 6.61. The molecule has 0 saturated heterocycles. The Balaban J connectivity index is 1.54. The van der Waals surface area contributed by atoms with Crippen molar-refractivity contribution in [3.8, 4) is 5.75 Å². The van der Waals surface area contributed by atoms with Crippen LogP contribution in [0.2, 0.25) is 0 Å². The van der Waals surface area contributed by atoms with Gasteiger partial charge >= 0.3 is 0 Å². The number of H-pyrrole nitrogens is 1. The van der Waals surface area contributed by atoms with E-state index in [9.17, 15) is 4.39 Å². The standard InChI is InChI=1S/C23H19FN4OS/c24-20-12-10-17(11-13-20)14-22-26-27-23(30)28(22)25-15-18-6-4-5-7-19(18)16-29-21-8-2-1-3-9-21/h1-13,15H,14,16H2,(H,27,30)/b25-15-. The lowest BCUT2D eigenvalue weighted by Gasteiger charge is -2.08. The summed E-state index contributed by atoms with van der Waals surface area (Å²) in [5.41, 5.74) is 2.84. The van der Waals surface area contributed by atoms with E-state index in [1.54, 1.807) is 23.0 Å². The number of benzene rings is 3. The van der Waals surface area contributed by atoms with E-state index < -0.39 is 0 Å². The van der Waals surface area contributed by atoms with Crippen LogP contribution in [-0.2, 0) is 13.0 Å². The van der Waals surface area contributed by atoms with Gasteiger partial charge in [-0.15, -0.1) is 0 Å². The third-order valence-electron chi connectivity index (χ3n) is 4.50. The molecule has 150 valence electrons. The van der Waals surface area contributed by atoms with Crippen LogP contribution < -0.4 is 4.74 Å². The second-order valence-corrected chi connectivity index (χ2v) is 6.99. The number of aromatic amines is 1. The van der Waals surface area contributed by atoms with E-state index in [0.29, 0.717) is 23.6 Å². The number of ether oxygens (including phenoxy) is 1. The first-order chi connectivity index (χ1) is 14.7. The normalized spacial score (nSPS) is 11.1. The molecule has 0 bridgehead atoms. The van der Waals surface area contributed by atoms with E-state index in [-0.39, 0.29) is 5.82 Å². The van der Waals surface area contributed by atoms with Crippen LogP contribution in [-0.4, -0.2) is 21.1 Å². The molecule has 0 radical (unpaired) electrons. The number of hydrogen-bond donors (Lipinski definition) is 1. The molecule has 3 aromatic carbocycles. The fourth-order valence-electron chi connectivity index (χ4n) is 2.93. The van der Waals surface area contributed by atoms with E-state index in [4.69, 9.17) is 17.0 Å². The van der Waals surface area contributed by atoms with Crippen LogP contribution in [0, 0.1) is 10.6 Å². The lowest BCUT2D eigenvalue weighted by molar-refractivity contribution is 0.306. The maximum absolute atomic E-state index is 13.1. The van der Waals surface area contributed by atoms with Crippen molar-refractivity contribution in [2.45, 2.75) is 13.0 Å². The van der Waals surface area contributed by atoms with Crippen LogP contribution in [0.3, 0.4) is 0 Å². The van der Waals surface area contributed by atoms with Gasteiger partial charge in [-0.3, -0.25) is 5.10 Å². The summed E-state index contributed by atoms with van der Waals surface area (Å²) in [6.07, 6.45) is 2.21. The Morgan fingerprint density at radius 3 is 2.53 bits per heavy atom. The predicted octanol–water partition coefficient (Wildman–Crippen LogP) is 5.13. The van der Waals surface area contributed by atoms with Gasteiger partial charge in [0.15, 0.2) is 5.82 Å². The highest BCUT2D eigenvalue weighted by Crippen LogP contribution is 2.14. The first-order valence-electron chi connectivity index (χ1n) is 9.40. The van der Waals surface area contributed by atoms with Crippen LogP contribution in [0.5, 0.6) is 5.75 Å². The predicted molar refractivity (Wildman–Crippen MR) is 117 cm³/mol. The third-order valence-corrected chi connectivity index (χ3v) is 4.76. The number of nitrogens with one attached hydrogen (secondary N) is 1. The number of rotatable bonds is 7. The Labute approximate surface area is 178 Å². The van der Waals surface area contributed by atoms with Crippen molar-refractivity contribution in [3.63, 3.8) is 0 Å². The zero-order valence-electron chi connectivity index (χ0n) is 16.0. The fourth-order valence-corrected chi connectivity index (χ4v) is 3.13. The number of aromatic nitrogens is 3. The monoisotopic (exact) mass is 418 g/mol. The largest absolute Gasteiger partial charge is 0.489 e. The summed E-state index contributed by atoms with van der Waals surface area (Å²) in [4.78, 5) is 0. The van der Waals surface area contributed by atoms with Gasteiger partial charge in [-0.1, -0.05) is 54.6 Å². The molecule has 0 aliphatic rings. The molecule has 0 saturated carbocycles. The second kappa shape index (κ2) is 9.28. The van der Waals surface area contributed by atoms with Crippen molar-refractivity contribution in [1.29, 1.82) is 0 Å². The Morgan fingerprint density at radius 1 is 1.00 bits per heavy atom. The van der Waals surface area contributed by atoms with Crippen LogP contribution in [0.25, 0.3) is 0 Å². The lowest BCUT2D eigenvalue weighted by atomic mass is 10.1. The first kappa shape index (κ1) is 19.7. The molecule has 0 fully saturated rings. The molecule has 0 aliphatic heterocycles. The minimum atomic E-state index is -0.273. The van der Waals surface area contributed by atoms with Gasteiger partial charge in [0.2, 0.25) is 4.77 Å². The molecule has 1 aromatic heterocycles. The van der Waals surface area contributed by atoms with Gasteiger partial charge in [0.25, 0.3) is 0 Å². The Hall–Kier alpha value is -3.58. The SMILES string of the molecule is Fc1ccc(Cc2n[nH]c(=S)n2/N=C\c2ccccc2COc2ccccc2)cc1. The zero-order valence-corrected chi connectivity index (χ0v) is 16.8. The zero-order chi connectivity index (χ0) is 20.8. The molecule has 4 rings (SSSR count). The van der Waals surface area contributed by atoms with Gasteiger partial charge in [0.05, 0.1) is 6.21 Å². The van der Waals surface area contributed by atoms with Gasteiger partial charge in [-0.05, 0) is 47.6 Å². The quantitative estimate of drug-likeness (QED) is 0.334. The summed E-state index contributed by atoms with van der Waals surface area (Å²) >= 11 is 5.32. The minimum Gasteiger partial charge on any atom is -0.489 e. The van der Waals surface area contributed by atoms with E-state index in [2.05, 4.69) is 15.3 Å². The van der Waals surface area contributed by atoms with E-state index >= 15 is 0 Å². The highest BCUT2D eigenvalue weighted by molar-refractivity contribution is 7.71. The molecule has 5 nitrogen and oxygen atoms in total. The maximum atomic E-state index is 13.1. The third kappa shape index (κ3) is 4.87. The molecule has 1 N–H and O–H groups in total. The van der Waals surface area contributed by atoms with Gasteiger partial charge in [-0.2, -0.15) is 14.9 Å². The number of para-hydroxylation sites is 1. The highest BCUT2D eigenvalue weighted by Gasteiger charge is 2.07. The fraction of sp³-hybridized carbons (Fsp3) is 0.0870. The first-order valence-corrected chi connectivity index (χ1v) is 9.81. The molecule has 0 amide bonds. The smallest absolute Gasteiger partial charge is 0.216 e. The van der Waals surface area contributed by atoms with Crippen molar-refractivity contribution in [3.05, 3.63) is 112 Å². The highest BCUT2D eigenvalue weighted by atomic mass is 32.1. The van der Waals surface area contributed by atoms with Crippen molar-refractivity contribution in [2.24, 2.45) is 5.10 Å². The van der Waals surface area contributed by atoms with E-state index in [1.807, 2.05) is 54.6 Å². The average molecular weight is 418 g/mol. The summed E-state index contributed by atoms with van der Waals surface area (Å²) < 4.78 is 21.0. The summed E-state index contributed by atoms with van der Waals surface area (Å²) in [6.45, 7) is 0.422. The average Bonchev–Trinajstić information content (AvgIpc) is 3.12. The molecule has 30 heavy (non-hydrogen) atoms. The maximum Gasteiger partial charge on any atom is 0.216 e. The summed E-state index contributed by atoms with van der Waals surface area (Å²) in [7, 11) is 0. The van der Waals surface area contributed by atoms with E-state index in [1.165, 1.54) is 12.1 Å². The molecule has 0 atom stereocenters. The topological polar surface area (TPSA) is 55.2 Å². The van der Waals surface area contributed by atoms with E-state index in [0.717, 1.165) is 22.4 Å². The molecular formula is C23H19FN4OS. The molecule has 0 spiro atoms. The number of halogens is 1. The van der Waals surface area contributed by atoms with Gasteiger partial charge in [0.1, 0.15) is 18.2 Å². The van der Waals surface area contributed by atoms with Crippen molar-refractivity contribution < 1.29 is 9.13 Å². The molecular weight excluding hydrogens is 399 g/mol. The van der Waals surface area contributed by atoms with Crippen molar-refractivity contribution >= 4 is 18.4 Å². The van der Waals surface area contributed by atoms with Crippen LogP contribution in [0.15, 0.2) is 84.0 Å².